The molecule has 6 aliphatic rings. The number of hydrogen-bond acceptors (Lipinski definition) is 5. The number of hydrogen-bond donors (Lipinski definition) is 1. The predicted molar refractivity (Wildman–Crippen MR) is 113 cm³/mol. The van der Waals surface area contributed by atoms with Crippen LogP contribution >= 0.6 is 11.6 Å². The second kappa shape index (κ2) is 6.46. The number of nitrogens with zero attached hydrogens (tertiary/aromatic N) is 1. The van der Waals surface area contributed by atoms with Gasteiger partial charge in [-0.15, -0.1) is 0 Å². The van der Waals surface area contributed by atoms with Crippen LogP contribution in [-0.4, -0.2) is 28.8 Å². The molecule has 6 heteroatoms. The molecule has 1 unspecified atom stereocenters. The molecule has 0 aromatic heterocycles. The molecule has 1 aromatic carbocycles. The third-order valence-corrected chi connectivity index (χ3v) is 8.56. The number of benzene rings is 1. The Morgan fingerprint density at radius 2 is 2.03 bits per heavy atom. The van der Waals surface area contributed by atoms with Gasteiger partial charge in [0.2, 0.25) is 0 Å². The second-order valence-corrected chi connectivity index (χ2v) is 11.2. The molecule has 0 radical (unpaired) electrons. The second-order valence-electron chi connectivity index (χ2n) is 10.7. The summed E-state index contributed by atoms with van der Waals surface area (Å²) in [6.07, 6.45) is 6.49. The largest absolute Gasteiger partial charge is 0.482 e. The first-order valence-electron chi connectivity index (χ1n) is 11.2. The SMILES string of the molecule is CC1CC(C2CC(C34CC(CC(=O)[C@@H]5C[C@@H](O)c6cc(Cl)ccc6O5)(C3)C4)=NO2)C1. The zero-order chi connectivity index (χ0) is 20.7. The quantitative estimate of drug-likeness (QED) is 0.726. The molecule has 4 aliphatic carbocycles. The lowest BCUT2D eigenvalue weighted by Crippen LogP contribution is -2.66. The molecular weight excluding hydrogens is 402 g/mol. The molecule has 160 valence electrons. The Kier molecular flexibility index (Phi) is 4.12. The summed E-state index contributed by atoms with van der Waals surface area (Å²) in [6, 6.07) is 5.19. The minimum Gasteiger partial charge on any atom is -0.482 e. The Morgan fingerprint density at radius 1 is 1.27 bits per heavy atom. The average molecular weight is 430 g/mol. The van der Waals surface area contributed by atoms with E-state index in [4.69, 9.17) is 21.2 Å². The van der Waals surface area contributed by atoms with E-state index in [2.05, 4.69) is 12.1 Å². The molecule has 30 heavy (non-hydrogen) atoms. The fraction of sp³-hybridized carbons (Fsp3) is 0.667. The molecular formula is C24H28ClNO4. The van der Waals surface area contributed by atoms with Gasteiger partial charge < -0.3 is 14.7 Å². The first kappa shape index (κ1) is 19.1. The van der Waals surface area contributed by atoms with E-state index in [0.29, 0.717) is 35.1 Å². The average Bonchev–Trinajstić information content (AvgIpc) is 3.10. The number of carbonyl (C=O) groups is 1. The van der Waals surface area contributed by atoms with Crippen molar-refractivity contribution in [1.82, 2.24) is 0 Å². The van der Waals surface area contributed by atoms with Crippen molar-refractivity contribution in [2.45, 2.75) is 76.6 Å². The normalized spacial score (nSPS) is 43.2. The summed E-state index contributed by atoms with van der Waals surface area (Å²) in [7, 11) is 0. The van der Waals surface area contributed by atoms with Gasteiger partial charge >= 0.3 is 0 Å². The third kappa shape index (κ3) is 2.85. The van der Waals surface area contributed by atoms with Gasteiger partial charge in [0.15, 0.2) is 11.9 Å². The van der Waals surface area contributed by atoms with E-state index in [1.807, 2.05) is 0 Å². The van der Waals surface area contributed by atoms with Gasteiger partial charge in [-0.1, -0.05) is 23.7 Å². The summed E-state index contributed by atoms with van der Waals surface area (Å²) in [6.45, 7) is 2.30. The molecule has 5 nitrogen and oxygen atoms in total. The monoisotopic (exact) mass is 429 g/mol. The van der Waals surface area contributed by atoms with E-state index in [1.54, 1.807) is 18.2 Å². The number of ketones is 1. The maximum absolute atomic E-state index is 13.0. The van der Waals surface area contributed by atoms with Gasteiger partial charge in [0.25, 0.3) is 0 Å². The molecule has 2 heterocycles. The zero-order valence-corrected chi connectivity index (χ0v) is 18.0. The van der Waals surface area contributed by atoms with Crippen molar-refractivity contribution in [3.8, 4) is 5.75 Å². The number of oxime groups is 1. The van der Waals surface area contributed by atoms with Crippen molar-refractivity contribution < 1.29 is 19.5 Å². The summed E-state index contributed by atoms with van der Waals surface area (Å²) in [5.74, 6) is 2.18. The molecule has 2 bridgehead atoms. The summed E-state index contributed by atoms with van der Waals surface area (Å²) < 4.78 is 5.93. The Balaban J connectivity index is 1.04. The van der Waals surface area contributed by atoms with Crippen LogP contribution < -0.4 is 4.74 Å². The van der Waals surface area contributed by atoms with Crippen molar-refractivity contribution in [3.63, 3.8) is 0 Å². The topological polar surface area (TPSA) is 68.1 Å². The van der Waals surface area contributed by atoms with E-state index < -0.39 is 12.2 Å². The Bertz CT molecular complexity index is 917. The Labute approximate surface area is 181 Å². The lowest BCUT2D eigenvalue weighted by molar-refractivity contribution is -0.171. The molecule has 3 atom stereocenters. The smallest absolute Gasteiger partial charge is 0.173 e. The van der Waals surface area contributed by atoms with Crippen LogP contribution in [0, 0.1) is 22.7 Å². The number of fused-ring (bicyclic) bond motifs is 1. The van der Waals surface area contributed by atoms with Crippen LogP contribution in [0.3, 0.4) is 0 Å². The van der Waals surface area contributed by atoms with Crippen LogP contribution in [0.15, 0.2) is 23.4 Å². The number of carbonyl (C=O) groups excluding carboxylic acids is 1. The summed E-state index contributed by atoms with van der Waals surface area (Å²) in [5.41, 5.74) is 2.22. The molecule has 0 saturated heterocycles. The van der Waals surface area contributed by atoms with Crippen LogP contribution in [-0.2, 0) is 9.63 Å². The molecule has 2 aliphatic heterocycles. The highest BCUT2D eigenvalue weighted by Gasteiger charge is 2.71. The molecule has 4 fully saturated rings. The predicted octanol–water partition coefficient (Wildman–Crippen LogP) is 4.85. The van der Waals surface area contributed by atoms with E-state index in [1.165, 1.54) is 18.6 Å². The summed E-state index contributed by atoms with van der Waals surface area (Å²) in [4.78, 5) is 18.8. The van der Waals surface area contributed by atoms with Gasteiger partial charge in [-0.3, -0.25) is 4.79 Å². The van der Waals surface area contributed by atoms with Crippen molar-refractivity contribution in [3.05, 3.63) is 28.8 Å². The fourth-order valence-electron chi connectivity index (χ4n) is 6.82. The summed E-state index contributed by atoms with van der Waals surface area (Å²) >= 11 is 6.02. The van der Waals surface area contributed by atoms with Gasteiger partial charge in [0.1, 0.15) is 11.9 Å². The maximum Gasteiger partial charge on any atom is 0.173 e. The van der Waals surface area contributed by atoms with Gasteiger partial charge in [-0.25, -0.2) is 0 Å². The first-order chi connectivity index (χ1) is 14.3. The highest BCUT2D eigenvalue weighted by molar-refractivity contribution is 6.30. The Morgan fingerprint density at radius 3 is 2.77 bits per heavy atom. The third-order valence-electron chi connectivity index (χ3n) is 8.33. The molecule has 7 rings (SSSR count). The van der Waals surface area contributed by atoms with Crippen molar-refractivity contribution in [2.24, 2.45) is 27.8 Å². The van der Waals surface area contributed by atoms with Crippen LogP contribution in [0.2, 0.25) is 5.02 Å². The van der Waals surface area contributed by atoms with Crippen molar-refractivity contribution in [1.29, 1.82) is 0 Å². The number of halogens is 1. The first-order valence-corrected chi connectivity index (χ1v) is 11.6. The van der Waals surface area contributed by atoms with Crippen LogP contribution in [0.25, 0.3) is 0 Å². The number of aliphatic hydroxyl groups excluding tert-OH is 1. The number of rotatable bonds is 5. The lowest BCUT2D eigenvalue weighted by atomic mass is 9.32. The van der Waals surface area contributed by atoms with Crippen molar-refractivity contribution in [2.75, 3.05) is 0 Å². The molecule has 0 spiro atoms. The van der Waals surface area contributed by atoms with E-state index >= 15 is 0 Å². The van der Waals surface area contributed by atoms with Crippen LogP contribution in [0.5, 0.6) is 5.75 Å². The lowest BCUT2D eigenvalue weighted by Gasteiger charge is -2.70. The minimum absolute atomic E-state index is 0.105. The molecule has 0 amide bonds. The van der Waals surface area contributed by atoms with Crippen LogP contribution in [0.4, 0.5) is 0 Å². The van der Waals surface area contributed by atoms with E-state index in [-0.39, 0.29) is 22.7 Å². The maximum atomic E-state index is 13.0. The number of Topliss-reactive ketones (excluding diaryl/α,β-unsaturated/α-hetero) is 1. The molecule has 1 aromatic rings. The zero-order valence-electron chi connectivity index (χ0n) is 17.3. The van der Waals surface area contributed by atoms with Gasteiger partial charge in [0.05, 0.1) is 11.8 Å². The summed E-state index contributed by atoms with van der Waals surface area (Å²) in [5, 5.41) is 15.5. The minimum atomic E-state index is -0.711. The highest BCUT2D eigenvalue weighted by atomic mass is 35.5. The van der Waals surface area contributed by atoms with E-state index in [0.717, 1.165) is 31.6 Å². The Hall–Kier alpha value is -1.59. The number of aliphatic hydroxyl groups is 1. The number of ether oxygens (including phenoxy) is 1. The van der Waals surface area contributed by atoms with Gasteiger partial charge in [-0.2, -0.15) is 0 Å². The van der Waals surface area contributed by atoms with E-state index in [9.17, 15) is 9.90 Å². The van der Waals surface area contributed by atoms with Gasteiger partial charge in [-0.05, 0) is 67.6 Å². The molecule has 1 N–H and O–H groups in total. The fourth-order valence-corrected chi connectivity index (χ4v) is 7.00. The highest BCUT2D eigenvalue weighted by Crippen LogP contribution is 2.76. The van der Waals surface area contributed by atoms with Crippen molar-refractivity contribution >= 4 is 23.1 Å². The van der Waals surface area contributed by atoms with Crippen LogP contribution in [0.1, 0.15) is 70.0 Å². The standard InChI is InChI=1S/C24H28ClNO4/c1-13-4-14(5-13)20-8-22(26-30-20)24-10-23(11-24,12-24)9-18(28)21-7-17(27)16-6-15(25)2-3-19(16)29-21/h2-3,6,13-14,17,20-21,27H,4-5,7-12H2,1H3/t13?,14?,17-,20?,21+,23?,24?/m1/s1. The molecule has 4 saturated carbocycles. The van der Waals surface area contributed by atoms with Gasteiger partial charge in [0, 0.05) is 35.3 Å².